The molecular weight excluding hydrogens is 312 g/mol. The van der Waals surface area contributed by atoms with Gasteiger partial charge in [0.05, 0.1) is 11.5 Å². The van der Waals surface area contributed by atoms with Crippen LogP contribution in [0.1, 0.15) is 16.9 Å². The number of nitrogens with one attached hydrogen (secondary N) is 2. The lowest BCUT2D eigenvalue weighted by Crippen LogP contribution is -2.30. The van der Waals surface area contributed by atoms with E-state index in [0.29, 0.717) is 23.7 Å². The van der Waals surface area contributed by atoms with Gasteiger partial charge in [0.15, 0.2) is 9.84 Å². The van der Waals surface area contributed by atoms with Gasteiger partial charge < -0.3 is 10.3 Å². The highest BCUT2D eigenvalue weighted by Gasteiger charge is 2.28. The van der Waals surface area contributed by atoms with Crippen LogP contribution in [-0.4, -0.2) is 37.4 Å². The lowest BCUT2D eigenvalue weighted by atomic mass is 10.1. The summed E-state index contributed by atoms with van der Waals surface area (Å²) in [7, 11) is -2.91. The fourth-order valence-electron chi connectivity index (χ4n) is 2.59. The van der Waals surface area contributed by atoms with Crippen LogP contribution in [0.2, 0.25) is 5.02 Å². The van der Waals surface area contributed by atoms with Gasteiger partial charge in [0.1, 0.15) is 5.69 Å². The number of carbonyl (C=O) groups is 1. The van der Waals surface area contributed by atoms with Crippen molar-refractivity contribution in [2.45, 2.75) is 6.42 Å². The number of fused-ring (bicyclic) bond motifs is 1. The topological polar surface area (TPSA) is 79.0 Å². The third-order valence-corrected chi connectivity index (χ3v) is 5.78. The molecule has 1 aliphatic rings. The largest absolute Gasteiger partial charge is 0.351 e. The SMILES string of the molecule is O=C(NC[C@@H]1CCS(=O)(=O)C1)c1cc2cc(Cl)ccc2[nH]1. The zero-order chi connectivity index (χ0) is 15.0. The van der Waals surface area contributed by atoms with E-state index in [2.05, 4.69) is 10.3 Å². The molecule has 0 bridgehead atoms. The monoisotopic (exact) mass is 326 g/mol. The van der Waals surface area contributed by atoms with Crippen LogP contribution in [0.15, 0.2) is 24.3 Å². The molecule has 0 saturated carbocycles. The van der Waals surface area contributed by atoms with Crippen LogP contribution in [0.3, 0.4) is 0 Å². The van der Waals surface area contributed by atoms with E-state index in [1.54, 1.807) is 18.2 Å². The van der Waals surface area contributed by atoms with Crippen LogP contribution in [0.5, 0.6) is 0 Å². The average molecular weight is 327 g/mol. The molecule has 5 nitrogen and oxygen atoms in total. The highest BCUT2D eigenvalue weighted by atomic mass is 35.5. The first-order chi connectivity index (χ1) is 9.93. The first-order valence-electron chi connectivity index (χ1n) is 6.70. The molecule has 2 heterocycles. The third kappa shape index (κ3) is 3.22. The molecule has 1 saturated heterocycles. The molecule has 1 amide bonds. The predicted octanol–water partition coefficient (Wildman–Crippen LogP) is 1.99. The normalized spacial score (nSPS) is 20.7. The van der Waals surface area contributed by atoms with E-state index < -0.39 is 9.84 Å². The van der Waals surface area contributed by atoms with Crippen molar-refractivity contribution < 1.29 is 13.2 Å². The molecule has 0 radical (unpaired) electrons. The molecule has 3 rings (SSSR count). The molecule has 1 aromatic heterocycles. The predicted molar refractivity (Wildman–Crippen MR) is 82.4 cm³/mol. The second-order valence-electron chi connectivity index (χ2n) is 5.39. The molecule has 1 atom stereocenters. The molecule has 2 N–H and O–H groups in total. The Kier molecular flexibility index (Phi) is 3.67. The summed E-state index contributed by atoms with van der Waals surface area (Å²) in [6.07, 6.45) is 0.616. The van der Waals surface area contributed by atoms with Crippen molar-refractivity contribution in [1.29, 1.82) is 0 Å². The maximum absolute atomic E-state index is 12.1. The summed E-state index contributed by atoms with van der Waals surface area (Å²) in [4.78, 5) is 15.1. The smallest absolute Gasteiger partial charge is 0.267 e. The second-order valence-corrected chi connectivity index (χ2v) is 8.06. The Hall–Kier alpha value is -1.53. The summed E-state index contributed by atoms with van der Waals surface area (Å²) < 4.78 is 22.7. The molecule has 1 aliphatic heterocycles. The van der Waals surface area contributed by atoms with E-state index in [9.17, 15) is 13.2 Å². The van der Waals surface area contributed by atoms with E-state index in [1.165, 1.54) is 0 Å². The van der Waals surface area contributed by atoms with Gasteiger partial charge in [-0.05, 0) is 36.6 Å². The molecule has 21 heavy (non-hydrogen) atoms. The zero-order valence-electron chi connectivity index (χ0n) is 11.2. The summed E-state index contributed by atoms with van der Waals surface area (Å²) >= 11 is 5.91. The Bertz CT molecular complexity index is 798. The van der Waals surface area contributed by atoms with Crippen LogP contribution in [0.4, 0.5) is 0 Å². The van der Waals surface area contributed by atoms with E-state index in [1.807, 2.05) is 6.07 Å². The summed E-state index contributed by atoms with van der Waals surface area (Å²) in [5, 5.41) is 4.27. The highest BCUT2D eigenvalue weighted by Crippen LogP contribution is 2.20. The lowest BCUT2D eigenvalue weighted by Gasteiger charge is -2.08. The lowest BCUT2D eigenvalue weighted by molar-refractivity contribution is 0.0944. The van der Waals surface area contributed by atoms with Crippen LogP contribution < -0.4 is 5.32 Å². The maximum atomic E-state index is 12.1. The zero-order valence-corrected chi connectivity index (χ0v) is 12.8. The highest BCUT2D eigenvalue weighted by molar-refractivity contribution is 7.91. The Morgan fingerprint density at radius 1 is 1.38 bits per heavy atom. The van der Waals surface area contributed by atoms with Gasteiger partial charge in [0, 0.05) is 22.5 Å². The van der Waals surface area contributed by atoms with Crippen LogP contribution in [0, 0.1) is 5.92 Å². The van der Waals surface area contributed by atoms with Crippen LogP contribution >= 0.6 is 11.6 Å². The number of benzene rings is 1. The van der Waals surface area contributed by atoms with Gasteiger partial charge in [-0.25, -0.2) is 8.42 Å². The minimum absolute atomic E-state index is 0.0118. The van der Waals surface area contributed by atoms with E-state index in [-0.39, 0.29) is 23.3 Å². The number of rotatable bonds is 3. The van der Waals surface area contributed by atoms with Gasteiger partial charge >= 0.3 is 0 Å². The summed E-state index contributed by atoms with van der Waals surface area (Å²) in [5.41, 5.74) is 1.29. The van der Waals surface area contributed by atoms with Gasteiger partial charge in [-0.1, -0.05) is 11.6 Å². The molecule has 0 spiro atoms. The van der Waals surface area contributed by atoms with Gasteiger partial charge in [0.25, 0.3) is 5.91 Å². The standard InChI is InChI=1S/C14H15ClN2O3S/c15-11-1-2-12-10(5-11)6-13(17-12)14(18)16-7-9-3-4-21(19,20)8-9/h1-2,5-6,9,17H,3-4,7-8H2,(H,16,18)/t9-/m0/s1. The Labute approximate surface area is 127 Å². The molecule has 7 heteroatoms. The third-order valence-electron chi connectivity index (χ3n) is 3.71. The quantitative estimate of drug-likeness (QED) is 0.905. The fourth-order valence-corrected chi connectivity index (χ4v) is 4.63. The number of aromatic amines is 1. The number of halogens is 1. The number of hydrogen-bond donors (Lipinski definition) is 2. The summed E-state index contributed by atoms with van der Waals surface area (Å²) in [6.45, 7) is 0.383. The van der Waals surface area contributed by atoms with Gasteiger partial charge in [-0.3, -0.25) is 4.79 Å². The molecule has 112 valence electrons. The molecule has 1 fully saturated rings. The molecule has 2 aromatic rings. The Balaban J connectivity index is 1.67. The molecule has 1 aromatic carbocycles. The number of H-pyrrole nitrogens is 1. The molecular formula is C14H15ClN2O3S. The number of aromatic nitrogens is 1. The van der Waals surface area contributed by atoms with Crippen molar-refractivity contribution >= 4 is 38.2 Å². The van der Waals surface area contributed by atoms with Gasteiger partial charge in [0.2, 0.25) is 0 Å². The minimum Gasteiger partial charge on any atom is -0.351 e. The minimum atomic E-state index is -2.91. The average Bonchev–Trinajstić information content (AvgIpc) is 2.98. The Morgan fingerprint density at radius 3 is 2.90 bits per heavy atom. The fraction of sp³-hybridized carbons (Fsp3) is 0.357. The van der Waals surface area contributed by atoms with E-state index >= 15 is 0 Å². The molecule has 0 unspecified atom stereocenters. The van der Waals surface area contributed by atoms with Gasteiger partial charge in [-0.2, -0.15) is 0 Å². The Morgan fingerprint density at radius 2 is 2.19 bits per heavy atom. The number of sulfone groups is 1. The van der Waals surface area contributed by atoms with Crippen molar-refractivity contribution in [1.82, 2.24) is 10.3 Å². The van der Waals surface area contributed by atoms with Crippen molar-refractivity contribution in [3.05, 3.63) is 35.0 Å². The number of hydrogen-bond acceptors (Lipinski definition) is 3. The molecule has 0 aliphatic carbocycles. The van der Waals surface area contributed by atoms with Crippen molar-refractivity contribution in [3.63, 3.8) is 0 Å². The van der Waals surface area contributed by atoms with Gasteiger partial charge in [-0.15, -0.1) is 0 Å². The van der Waals surface area contributed by atoms with Crippen molar-refractivity contribution in [3.8, 4) is 0 Å². The van der Waals surface area contributed by atoms with Crippen molar-refractivity contribution in [2.75, 3.05) is 18.1 Å². The van der Waals surface area contributed by atoms with E-state index in [0.717, 1.165) is 10.9 Å². The van der Waals surface area contributed by atoms with Crippen molar-refractivity contribution in [2.24, 2.45) is 5.92 Å². The summed E-state index contributed by atoms with van der Waals surface area (Å²) in [5.74, 6) is 0.165. The van der Waals surface area contributed by atoms with Crippen LogP contribution in [-0.2, 0) is 9.84 Å². The summed E-state index contributed by atoms with van der Waals surface area (Å²) in [6, 6.07) is 7.10. The maximum Gasteiger partial charge on any atom is 0.267 e. The van der Waals surface area contributed by atoms with Crippen LogP contribution in [0.25, 0.3) is 10.9 Å². The first-order valence-corrected chi connectivity index (χ1v) is 8.90. The number of carbonyl (C=O) groups excluding carboxylic acids is 1. The first kappa shape index (κ1) is 14.4. The van der Waals surface area contributed by atoms with E-state index in [4.69, 9.17) is 11.6 Å². The second kappa shape index (κ2) is 5.35. The number of amides is 1.